The average molecular weight is 233 g/mol. The maximum Gasteiger partial charge on any atom is 0.133 e. The number of aliphatic hydroxyl groups is 1. The van der Waals surface area contributed by atoms with Crippen LogP contribution in [0.2, 0.25) is 0 Å². The molecule has 0 saturated carbocycles. The summed E-state index contributed by atoms with van der Waals surface area (Å²) in [7, 11) is 0. The fourth-order valence-electron chi connectivity index (χ4n) is 1.47. The molecule has 0 heterocycles. The number of Topliss-reactive ketones (excluding diaryl/α,β-unsaturated/α-hetero) is 1. The van der Waals surface area contributed by atoms with Crippen molar-refractivity contribution < 1.29 is 14.6 Å². The Bertz CT molecular complexity index is 406. The number of aliphatic hydroxyl groups excluding tert-OH is 1. The zero-order valence-corrected chi connectivity index (χ0v) is 9.72. The van der Waals surface area contributed by atoms with Gasteiger partial charge < -0.3 is 9.84 Å². The molecule has 1 N–H and O–H groups in total. The summed E-state index contributed by atoms with van der Waals surface area (Å²) in [6.07, 6.45) is 0.380. The van der Waals surface area contributed by atoms with Crippen LogP contribution in [-0.2, 0) is 4.79 Å². The van der Waals surface area contributed by atoms with Crippen molar-refractivity contribution in [3.05, 3.63) is 29.8 Å². The summed E-state index contributed by atoms with van der Waals surface area (Å²) in [4.78, 5) is 11.0. The van der Waals surface area contributed by atoms with Gasteiger partial charge in [-0.1, -0.05) is 0 Å². The van der Waals surface area contributed by atoms with Crippen LogP contribution in [0, 0.1) is 11.3 Å². The summed E-state index contributed by atoms with van der Waals surface area (Å²) in [6, 6.07) is 8.69. The lowest BCUT2D eigenvalue weighted by Gasteiger charge is -2.16. The number of ketones is 1. The lowest BCUT2D eigenvalue weighted by molar-refractivity contribution is -0.118. The fraction of sp³-hybridized carbons (Fsp3) is 0.385. The monoisotopic (exact) mass is 233 g/mol. The lowest BCUT2D eigenvalue weighted by atomic mass is 10.1. The molecule has 1 aromatic carbocycles. The Morgan fingerprint density at radius 3 is 2.59 bits per heavy atom. The number of rotatable bonds is 6. The Kier molecular flexibility index (Phi) is 5.18. The van der Waals surface area contributed by atoms with E-state index in [-0.39, 0.29) is 24.9 Å². The highest BCUT2D eigenvalue weighted by atomic mass is 16.5. The maximum atomic E-state index is 11.0. The molecule has 1 rings (SSSR count). The first-order valence-corrected chi connectivity index (χ1v) is 5.43. The predicted molar refractivity (Wildman–Crippen MR) is 62.6 cm³/mol. The van der Waals surface area contributed by atoms with Crippen molar-refractivity contribution in [1.82, 2.24) is 0 Å². The second kappa shape index (κ2) is 6.66. The first kappa shape index (κ1) is 13.2. The largest absolute Gasteiger partial charge is 0.490 e. The van der Waals surface area contributed by atoms with E-state index < -0.39 is 0 Å². The van der Waals surface area contributed by atoms with Crippen LogP contribution >= 0.6 is 0 Å². The Morgan fingerprint density at radius 1 is 1.47 bits per heavy atom. The highest BCUT2D eigenvalue weighted by Gasteiger charge is 2.12. The molecule has 4 nitrogen and oxygen atoms in total. The molecule has 1 aromatic rings. The Morgan fingerprint density at radius 2 is 2.12 bits per heavy atom. The topological polar surface area (TPSA) is 70.3 Å². The third-order valence-electron chi connectivity index (χ3n) is 2.25. The van der Waals surface area contributed by atoms with Gasteiger partial charge in [-0.05, 0) is 31.2 Å². The number of carbonyl (C=O) groups is 1. The van der Waals surface area contributed by atoms with Gasteiger partial charge >= 0.3 is 0 Å². The Hall–Kier alpha value is -1.86. The van der Waals surface area contributed by atoms with Gasteiger partial charge in [0.05, 0.1) is 11.6 Å². The van der Waals surface area contributed by atoms with Crippen LogP contribution in [-0.4, -0.2) is 23.6 Å². The minimum atomic E-state index is -0.314. The van der Waals surface area contributed by atoms with E-state index in [9.17, 15) is 4.79 Å². The first-order chi connectivity index (χ1) is 8.15. The quantitative estimate of drug-likeness (QED) is 0.811. The van der Waals surface area contributed by atoms with Gasteiger partial charge in [-0.3, -0.25) is 4.79 Å². The molecule has 0 radical (unpaired) electrons. The highest BCUT2D eigenvalue weighted by Crippen LogP contribution is 2.16. The first-order valence-electron chi connectivity index (χ1n) is 5.43. The summed E-state index contributed by atoms with van der Waals surface area (Å²) < 4.78 is 5.57. The number of hydrogen-bond acceptors (Lipinski definition) is 4. The van der Waals surface area contributed by atoms with Crippen molar-refractivity contribution in [3.8, 4) is 11.8 Å². The second-order valence-corrected chi connectivity index (χ2v) is 3.79. The van der Waals surface area contributed by atoms with Crippen LogP contribution in [0.15, 0.2) is 24.3 Å². The van der Waals surface area contributed by atoms with Gasteiger partial charge in [-0.25, -0.2) is 0 Å². The second-order valence-electron chi connectivity index (χ2n) is 3.79. The normalized spacial score (nSPS) is 11.6. The predicted octanol–water partition coefficient (Wildman–Crippen LogP) is 1.67. The third kappa shape index (κ3) is 4.66. The van der Waals surface area contributed by atoms with E-state index in [0.717, 1.165) is 0 Å². The molecule has 90 valence electrons. The third-order valence-corrected chi connectivity index (χ3v) is 2.25. The summed E-state index contributed by atoms with van der Waals surface area (Å²) >= 11 is 0. The molecule has 0 spiro atoms. The number of carbonyl (C=O) groups excluding carboxylic acids is 1. The van der Waals surface area contributed by atoms with Crippen molar-refractivity contribution >= 4 is 5.78 Å². The van der Waals surface area contributed by atoms with Crippen LogP contribution in [0.25, 0.3) is 0 Å². The van der Waals surface area contributed by atoms with Gasteiger partial charge in [0, 0.05) is 19.4 Å². The van der Waals surface area contributed by atoms with Crippen LogP contribution < -0.4 is 4.74 Å². The number of ether oxygens (including phenoxy) is 1. The summed E-state index contributed by atoms with van der Waals surface area (Å²) in [6.45, 7) is 1.47. The van der Waals surface area contributed by atoms with Crippen molar-refractivity contribution in [2.45, 2.75) is 25.9 Å². The number of nitrogens with zero attached hydrogens (tertiary/aromatic N) is 1. The number of nitriles is 1. The van der Waals surface area contributed by atoms with Gasteiger partial charge in [0.15, 0.2) is 0 Å². The van der Waals surface area contributed by atoms with Gasteiger partial charge in [0.2, 0.25) is 0 Å². The SMILES string of the molecule is CC(=O)CC(CCO)Oc1ccc(C#N)cc1. The molecule has 0 bridgehead atoms. The van der Waals surface area contributed by atoms with Crippen LogP contribution in [0.4, 0.5) is 0 Å². The van der Waals surface area contributed by atoms with Crippen molar-refractivity contribution in [2.75, 3.05) is 6.61 Å². The fourth-order valence-corrected chi connectivity index (χ4v) is 1.47. The molecule has 1 atom stereocenters. The molecule has 17 heavy (non-hydrogen) atoms. The molecule has 4 heteroatoms. The van der Waals surface area contributed by atoms with E-state index in [4.69, 9.17) is 15.1 Å². The van der Waals surface area contributed by atoms with Crippen molar-refractivity contribution in [2.24, 2.45) is 0 Å². The van der Waals surface area contributed by atoms with E-state index in [0.29, 0.717) is 17.7 Å². The van der Waals surface area contributed by atoms with Crippen LogP contribution in [0.1, 0.15) is 25.3 Å². The zero-order chi connectivity index (χ0) is 12.7. The van der Waals surface area contributed by atoms with Crippen molar-refractivity contribution in [1.29, 1.82) is 5.26 Å². The lowest BCUT2D eigenvalue weighted by Crippen LogP contribution is -2.21. The molecule has 1 unspecified atom stereocenters. The Balaban J connectivity index is 2.65. The van der Waals surface area contributed by atoms with Gasteiger partial charge in [0.1, 0.15) is 17.6 Å². The average Bonchev–Trinajstić information content (AvgIpc) is 2.29. The summed E-state index contributed by atoms with van der Waals surface area (Å²) in [5, 5.41) is 17.5. The van der Waals surface area contributed by atoms with E-state index in [1.807, 2.05) is 6.07 Å². The maximum absolute atomic E-state index is 11.0. The minimum absolute atomic E-state index is 0.0196. The molecule has 0 saturated heterocycles. The molecular formula is C13H15NO3. The molecule has 0 aliphatic heterocycles. The van der Waals surface area contributed by atoms with Gasteiger partial charge in [-0.15, -0.1) is 0 Å². The van der Waals surface area contributed by atoms with Gasteiger partial charge in [0.25, 0.3) is 0 Å². The van der Waals surface area contributed by atoms with Gasteiger partial charge in [-0.2, -0.15) is 5.26 Å². The number of benzene rings is 1. The van der Waals surface area contributed by atoms with E-state index in [1.54, 1.807) is 24.3 Å². The summed E-state index contributed by atoms with van der Waals surface area (Å²) in [5.41, 5.74) is 0.558. The molecular weight excluding hydrogens is 218 g/mol. The van der Waals surface area contributed by atoms with Crippen molar-refractivity contribution in [3.63, 3.8) is 0 Å². The van der Waals surface area contributed by atoms with Crippen LogP contribution in [0.5, 0.6) is 5.75 Å². The highest BCUT2D eigenvalue weighted by molar-refractivity contribution is 5.76. The van der Waals surface area contributed by atoms with Crippen LogP contribution in [0.3, 0.4) is 0 Å². The molecule has 0 aliphatic carbocycles. The number of hydrogen-bond donors (Lipinski definition) is 1. The molecule has 0 amide bonds. The molecule has 0 aromatic heterocycles. The van der Waals surface area contributed by atoms with E-state index >= 15 is 0 Å². The molecule has 0 fully saturated rings. The van der Waals surface area contributed by atoms with E-state index in [1.165, 1.54) is 6.92 Å². The zero-order valence-electron chi connectivity index (χ0n) is 9.72. The summed E-state index contributed by atoms with van der Waals surface area (Å²) in [5.74, 6) is 0.626. The Labute approximate surface area is 100 Å². The standard InChI is InChI=1S/C13H15NO3/c1-10(16)8-13(6-7-15)17-12-4-2-11(9-14)3-5-12/h2-5,13,15H,6-8H2,1H3. The minimum Gasteiger partial charge on any atom is -0.490 e. The van der Waals surface area contributed by atoms with E-state index in [2.05, 4.69) is 0 Å². The smallest absolute Gasteiger partial charge is 0.133 e. The molecule has 0 aliphatic rings.